The van der Waals surface area contributed by atoms with E-state index in [-0.39, 0.29) is 10.6 Å². The number of hydrogen-bond donors (Lipinski definition) is 0. The maximum atomic E-state index is 11.1. The first kappa shape index (κ1) is 13.1. The van der Waals surface area contributed by atoms with Crippen LogP contribution in [0, 0.1) is 10.1 Å². The van der Waals surface area contributed by atoms with Crippen molar-refractivity contribution in [1.29, 1.82) is 0 Å². The number of methoxy groups -OCH3 is 1. The van der Waals surface area contributed by atoms with Crippen LogP contribution in [-0.4, -0.2) is 12.0 Å². The number of ether oxygens (including phenoxy) is 1. The van der Waals surface area contributed by atoms with Gasteiger partial charge in [0, 0.05) is 5.56 Å². The fourth-order valence-corrected chi connectivity index (χ4v) is 1.98. The monoisotopic (exact) mass is 257 g/mol. The Hall–Kier alpha value is -2.36. The van der Waals surface area contributed by atoms with Crippen molar-refractivity contribution in [2.75, 3.05) is 7.11 Å². The topological polar surface area (TPSA) is 52.4 Å². The molecule has 4 nitrogen and oxygen atoms in total. The van der Waals surface area contributed by atoms with E-state index in [0.717, 1.165) is 12.0 Å². The zero-order chi connectivity index (χ0) is 13.7. The molecule has 0 fully saturated rings. The third kappa shape index (κ3) is 3.31. The molecule has 0 aliphatic rings. The van der Waals surface area contributed by atoms with Crippen molar-refractivity contribution in [3.05, 3.63) is 69.8 Å². The molecule has 0 spiro atoms. The molecule has 19 heavy (non-hydrogen) atoms. The molecule has 2 aromatic carbocycles. The van der Waals surface area contributed by atoms with E-state index >= 15 is 0 Å². The third-order valence-electron chi connectivity index (χ3n) is 3.01. The van der Waals surface area contributed by atoms with Gasteiger partial charge in [0.1, 0.15) is 5.75 Å². The van der Waals surface area contributed by atoms with Crippen LogP contribution in [0.2, 0.25) is 0 Å². The number of benzene rings is 2. The lowest BCUT2D eigenvalue weighted by Gasteiger charge is -2.05. The predicted molar refractivity (Wildman–Crippen MR) is 73.5 cm³/mol. The molecule has 0 saturated carbocycles. The maximum absolute atomic E-state index is 11.1. The molecule has 0 atom stereocenters. The van der Waals surface area contributed by atoms with Crippen LogP contribution in [-0.2, 0) is 12.8 Å². The van der Waals surface area contributed by atoms with E-state index < -0.39 is 0 Å². The lowest BCUT2D eigenvalue weighted by Crippen LogP contribution is -1.98. The summed E-state index contributed by atoms with van der Waals surface area (Å²) in [6.07, 6.45) is 1.43. The molecule has 0 bridgehead atoms. The summed E-state index contributed by atoms with van der Waals surface area (Å²) >= 11 is 0. The second-order valence-corrected chi connectivity index (χ2v) is 4.24. The van der Waals surface area contributed by atoms with Crippen LogP contribution >= 0.6 is 0 Å². The Morgan fingerprint density at radius 3 is 2.47 bits per heavy atom. The van der Waals surface area contributed by atoms with Crippen LogP contribution in [0.3, 0.4) is 0 Å². The lowest BCUT2D eigenvalue weighted by molar-refractivity contribution is -0.385. The predicted octanol–water partition coefficient (Wildman–Crippen LogP) is 3.39. The number of hydrogen-bond acceptors (Lipinski definition) is 3. The molecule has 4 heteroatoms. The van der Waals surface area contributed by atoms with Gasteiger partial charge in [-0.25, -0.2) is 0 Å². The Labute approximate surface area is 111 Å². The molecule has 0 unspecified atom stereocenters. The zero-order valence-corrected chi connectivity index (χ0v) is 10.7. The van der Waals surface area contributed by atoms with Crippen LogP contribution in [0.15, 0.2) is 48.5 Å². The fourth-order valence-electron chi connectivity index (χ4n) is 1.98. The summed E-state index contributed by atoms with van der Waals surface area (Å²) in [5, 5.41) is 11.1. The van der Waals surface area contributed by atoms with E-state index in [1.807, 2.05) is 30.3 Å². The highest BCUT2D eigenvalue weighted by Crippen LogP contribution is 2.25. The minimum absolute atomic E-state index is 0.121. The Bertz CT molecular complexity index is 567. The highest BCUT2D eigenvalue weighted by Gasteiger charge is 2.14. The largest absolute Gasteiger partial charge is 0.497 e. The molecular weight excluding hydrogens is 242 g/mol. The minimum atomic E-state index is -0.358. The first-order valence-corrected chi connectivity index (χ1v) is 6.06. The van der Waals surface area contributed by atoms with Gasteiger partial charge in [0.2, 0.25) is 0 Å². The van der Waals surface area contributed by atoms with Gasteiger partial charge >= 0.3 is 0 Å². The molecule has 0 amide bonds. The van der Waals surface area contributed by atoms with E-state index in [1.54, 1.807) is 12.1 Å². The molecular formula is C15H15NO3. The number of aryl methyl sites for hydroxylation is 2. The first-order chi connectivity index (χ1) is 9.20. The number of nitro benzene ring substituents is 1. The summed E-state index contributed by atoms with van der Waals surface area (Å²) in [6, 6.07) is 14.9. The van der Waals surface area contributed by atoms with Crippen LogP contribution in [0.1, 0.15) is 11.1 Å². The normalized spacial score (nSPS) is 10.2. The van der Waals surface area contributed by atoms with Crippen molar-refractivity contribution in [2.45, 2.75) is 12.8 Å². The van der Waals surface area contributed by atoms with Gasteiger partial charge in [-0.15, -0.1) is 0 Å². The molecule has 2 rings (SSSR count). The smallest absolute Gasteiger partial charge is 0.276 e. The highest BCUT2D eigenvalue weighted by molar-refractivity contribution is 5.46. The second-order valence-electron chi connectivity index (χ2n) is 4.24. The summed E-state index contributed by atoms with van der Waals surface area (Å²) < 4.78 is 5.02. The van der Waals surface area contributed by atoms with Crippen LogP contribution in [0.4, 0.5) is 5.69 Å². The van der Waals surface area contributed by atoms with Crippen LogP contribution < -0.4 is 4.74 Å². The van der Waals surface area contributed by atoms with Gasteiger partial charge in [0.15, 0.2) is 0 Å². The Morgan fingerprint density at radius 1 is 1.11 bits per heavy atom. The van der Waals surface area contributed by atoms with Crippen molar-refractivity contribution in [3.8, 4) is 5.75 Å². The molecule has 98 valence electrons. The quantitative estimate of drug-likeness (QED) is 0.609. The second kappa shape index (κ2) is 6.00. The number of nitro groups is 1. The average molecular weight is 257 g/mol. The van der Waals surface area contributed by atoms with Crippen molar-refractivity contribution in [3.63, 3.8) is 0 Å². The Balaban J connectivity index is 2.18. The molecule has 0 aromatic heterocycles. The van der Waals surface area contributed by atoms with Gasteiger partial charge in [0.05, 0.1) is 18.1 Å². The molecule has 0 aliphatic carbocycles. The molecule has 0 aliphatic heterocycles. The number of rotatable bonds is 5. The summed E-state index contributed by atoms with van der Waals surface area (Å²) in [5.41, 5.74) is 2.03. The van der Waals surface area contributed by atoms with Crippen molar-refractivity contribution in [1.82, 2.24) is 0 Å². The van der Waals surface area contributed by atoms with E-state index in [2.05, 4.69) is 0 Å². The third-order valence-corrected chi connectivity index (χ3v) is 3.01. The molecule has 0 radical (unpaired) electrons. The minimum Gasteiger partial charge on any atom is -0.497 e. The molecule has 0 heterocycles. The van der Waals surface area contributed by atoms with E-state index in [0.29, 0.717) is 12.2 Å². The number of nitrogens with zero attached hydrogens (tertiary/aromatic N) is 1. The van der Waals surface area contributed by atoms with Crippen LogP contribution in [0.5, 0.6) is 5.75 Å². The van der Waals surface area contributed by atoms with Crippen molar-refractivity contribution in [2.24, 2.45) is 0 Å². The Morgan fingerprint density at radius 2 is 1.84 bits per heavy atom. The molecule has 0 saturated heterocycles. The summed E-state index contributed by atoms with van der Waals surface area (Å²) in [6.45, 7) is 0. The zero-order valence-electron chi connectivity index (χ0n) is 10.7. The van der Waals surface area contributed by atoms with Gasteiger partial charge < -0.3 is 4.74 Å². The summed E-state index contributed by atoms with van der Waals surface area (Å²) in [4.78, 5) is 10.7. The van der Waals surface area contributed by atoms with Crippen molar-refractivity contribution >= 4 is 5.69 Å². The Kier molecular flexibility index (Phi) is 4.13. The van der Waals surface area contributed by atoms with E-state index in [9.17, 15) is 10.1 Å². The van der Waals surface area contributed by atoms with E-state index in [1.165, 1.54) is 18.7 Å². The average Bonchev–Trinajstić information content (AvgIpc) is 2.46. The lowest BCUT2D eigenvalue weighted by atomic mass is 10.0. The van der Waals surface area contributed by atoms with E-state index in [4.69, 9.17) is 4.74 Å². The molecule has 2 aromatic rings. The van der Waals surface area contributed by atoms with Gasteiger partial charge in [-0.1, -0.05) is 30.3 Å². The maximum Gasteiger partial charge on any atom is 0.276 e. The fraction of sp³-hybridized carbons (Fsp3) is 0.200. The van der Waals surface area contributed by atoms with Gasteiger partial charge in [0.25, 0.3) is 5.69 Å². The summed E-state index contributed by atoms with van der Waals surface area (Å²) in [7, 11) is 1.50. The standard InChI is InChI=1S/C15H15NO3/c1-19-14-10-9-13(15(11-14)16(17)18)8-7-12-5-3-2-4-6-12/h2-6,9-11H,7-8H2,1H3. The van der Waals surface area contributed by atoms with Gasteiger partial charge in [-0.2, -0.15) is 0 Å². The SMILES string of the molecule is COc1ccc(CCc2ccccc2)c([N+](=O)[O-])c1. The van der Waals surface area contributed by atoms with Crippen LogP contribution in [0.25, 0.3) is 0 Å². The molecule has 0 N–H and O–H groups in total. The summed E-state index contributed by atoms with van der Waals surface area (Å²) in [5.74, 6) is 0.509. The van der Waals surface area contributed by atoms with Gasteiger partial charge in [-0.3, -0.25) is 10.1 Å². The van der Waals surface area contributed by atoms with Crippen molar-refractivity contribution < 1.29 is 9.66 Å². The van der Waals surface area contributed by atoms with Gasteiger partial charge in [-0.05, 0) is 30.5 Å². The first-order valence-electron chi connectivity index (χ1n) is 6.06. The highest BCUT2D eigenvalue weighted by atomic mass is 16.6.